The van der Waals surface area contributed by atoms with E-state index in [0.717, 1.165) is 12.0 Å². The van der Waals surface area contributed by atoms with Gasteiger partial charge in [-0.3, -0.25) is 14.4 Å². The number of carbonyl (C=O) groups is 3. The zero-order chi connectivity index (χ0) is 24.0. The Labute approximate surface area is 194 Å². The minimum absolute atomic E-state index is 0.0203. The molecular weight excluding hydrogens is 421 g/mol. The summed E-state index contributed by atoms with van der Waals surface area (Å²) in [5, 5.41) is 5.82. The van der Waals surface area contributed by atoms with Crippen LogP contribution in [0.25, 0.3) is 0 Å². The third kappa shape index (κ3) is 6.40. The molecule has 2 N–H and O–H groups in total. The van der Waals surface area contributed by atoms with E-state index in [1.54, 1.807) is 4.90 Å². The lowest BCUT2D eigenvalue weighted by molar-refractivity contribution is -0.125. The van der Waals surface area contributed by atoms with Gasteiger partial charge in [-0.05, 0) is 75.4 Å². The molecule has 1 heterocycles. The molecule has 0 radical (unpaired) electrons. The predicted molar refractivity (Wildman–Crippen MR) is 125 cm³/mol. The molecule has 6 nitrogen and oxygen atoms in total. The van der Waals surface area contributed by atoms with Gasteiger partial charge in [0.2, 0.25) is 5.91 Å². The van der Waals surface area contributed by atoms with Crippen molar-refractivity contribution in [2.24, 2.45) is 5.92 Å². The molecule has 33 heavy (non-hydrogen) atoms. The van der Waals surface area contributed by atoms with Gasteiger partial charge in [0.15, 0.2) is 0 Å². The first-order valence-electron chi connectivity index (χ1n) is 11.5. The van der Waals surface area contributed by atoms with Crippen molar-refractivity contribution in [2.75, 3.05) is 13.1 Å². The lowest BCUT2D eigenvalue weighted by atomic mass is 9.88. The van der Waals surface area contributed by atoms with E-state index in [1.807, 2.05) is 45.0 Å². The summed E-state index contributed by atoms with van der Waals surface area (Å²) >= 11 is 0. The Morgan fingerprint density at radius 2 is 1.70 bits per heavy atom. The van der Waals surface area contributed by atoms with Gasteiger partial charge in [-0.15, -0.1) is 0 Å². The fourth-order valence-electron chi connectivity index (χ4n) is 4.05. The van der Waals surface area contributed by atoms with E-state index in [2.05, 4.69) is 10.6 Å². The van der Waals surface area contributed by atoms with Crippen LogP contribution in [-0.4, -0.2) is 47.8 Å². The first-order valence-corrected chi connectivity index (χ1v) is 11.5. The first-order chi connectivity index (χ1) is 15.8. The van der Waals surface area contributed by atoms with Gasteiger partial charge in [-0.2, -0.15) is 0 Å². The third-order valence-electron chi connectivity index (χ3n) is 6.24. The van der Waals surface area contributed by atoms with Crippen LogP contribution in [0, 0.1) is 18.7 Å². The summed E-state index contributed by atoms with van der Waals surface area (Å²) in [6, 6.07) is 12.0. The van der Waals surface area contributed by atoms with Crippen LogP contribution in [0.3, 0.4) is 0 Å². The number of halogens is 1. The van der Waals surface area contributed by atoms with Crippen molar-refractivity contribution >= 4 is 17.7 Å². The first kappa shape index (κ1) is 24.4. The molecule has 0 unspecified atom stereocenters. The molecule has 1 aliphatic rings. The molecule has 0 spiro atoms. The second-order valence-electron chi connectivity index (χ2n) is 8.78. The van der Waals surface area contributed by atoms with Crippen LogP contribution in [0.1, 0.15) is 59.4 Å². The Morgan fingerprint density at radius 1 is 1.03 bits per heavy atom. The number of likely N-dealkylation sites (tertiary alicyclic amines) is 1. The third-order valence-corrected chi connectivity index (χ3v) is 6.24. The van der Waals surface area contributed by atoms with Crippen LogP contribution in [-0.2, 0) is 4.79 Å². The maximum atomic E-state index is 13.2. The standard InChI is InChI=1S/C26H32FN3O3/c1-4-18(3)28-25(32)23(29-24(31)20-8-10-22(27)11-9-20)19-12-14-30(15-13-19)26(33)21-7-5-6-17(2)16-21/h5-11,16,18-19,23H,4,12-15H2,1-3H3,(H,28,32)(H,29,31)/t18-,23-/m1/s1. The minimum atomic E-state index is -0.729. The van der Waals surface area contributed by atoms with E-state index < -0.39 is 17.8 Å². The van der Waals surface area contributed by atoms with Gasteiger partial charge in [0.05, 0.1) is 0 Å². The summed E-state index contributed by atoms with van der Waals surface area (Å²) in [6.45, 7) is 6.87. The number of aryl methyl sites for hydroxylation is 1. The van der Waals surface area contributed by atoms with E-state index in [9.17, 15) is 18.8 Å². The Kier molecular flexibility index (Phi) is 8.20. The molecule has 3 rings (SSSR count). The van der Waals surface area contributed by atoms with Crippen molar-refractivity contribution in [3.63, 3.8) is 0 Å². The van der Waals surface area contributed by atoms with Crippen molar-refractivity contribution in [1.29, 1.82) is 0 Å². The van der Waals surface area contributed by atoms with Gasteiger partial charge in [0, 0.05) is 30.3 Å². The molecule has 1 saturated heterocycles. The van der Waals surface area contributed by atoms with E-state index in [-0.39, 0.29) is 23.8 Å². The Bertz CT molecular complexity index is 985. The summed E-state index contributed by atoms with van der Waals surface area (Å²) in [7, 11) is 0. The Morgan fingerprint density at radius 3 is 2.30 bits per heavy atom. The topological polar surface area (TPSA) is 78.5 Å². The SMILES string of the molecule is CC[C@@H](C)NC(=O)[C@H](NC(=O)c1ccc(F)cc1)C1CCN(C(=O)c2cccc(C)c2)CC1. The molecule has 0 saturated carbocycles. The molecule has 1 aliphatic heterocycles. The number of benzene rings is 2. The maximum Gasteiger partial charge on any atom is 0.253 e. The van der Waals surface area contributed by atoms with Crippen molar-refractivity contribution in [2.45, 2.75) is 52.1 Å². The van der Waals surface area contributed by atoms with Gasteiger partial charge in [-0.25, -0.2) is 4.39 Å². The molecule has 7 heteroatoms. The van der Waals surface area contributed by atoms with E-state index in [1.165, 1.54) is 24.3 Å². The molecular formula is C26H32FN3O3. The molecule has 3 amide bonds. The Balaban J connectivity index is 1.70. The van der Waals surface area contributed by atoms with Gasteiger partial charge < -0.3 is 15.5 Å². The molecule has 0 bridgehead atoms. The largest absolute Gasteiger partial charge is 0.352 e. The summed E-state index contributed by atoms with van der Waals surface area (Å²) in [4.78, 5) is 40.5. The summed E-state index contributed by atoms with van der Waals surface area (Å²) < 4.78 is 13.2. The van der Waals surface area contributed by atoms with Gasteiger partial charge >= 0.3 is 0 Å². The van der Waals surface area contributed by atoms with Crippen LogP contribution in [0.5, 0.6) is 0 Å². The van der Waals surface area contributed by atoms with Crippen molar-refractivity contribution < 1.29 is 18.8 Å². The molecule has 0 aliphatic carbocycles. The van der Waals surface area contributed by atoms with Gasteiger partial charge in [0.1, 0.15) is 11.9 Å². The smallest absolute Gasteiger partial charge is 0.253 e. The van der Waals surface area contributed by atoms with Crippen LogP contribution in [0.15, 0.2) is 48.5 Å². The molecule has 2 aromatic carbocycles. The summed E-state index contributed by atoms with van der Waals surface area (Å²) in [5.41, 5.74) is 1.98. The zero-order valence-electron chi connectivity index (χ0n) is 19.4. The maximum absolute atomic E-state index is 13.2. The fourth-order valence-corrected chi connectivity index (χ4v) is 4.05. The van der Waals surface area contributed by atoms with Crippen molar-refractivity contribution in [3.8, 4) is 0 Å². The quantitative estimate of drug-likeness (QED) is 0.671. The van der Waals surface area contributed by atoms with Crippen LogP contribution < -0.4 is 10.6 Å². The number of hydrogen-bond acceptors (Lipinski definition) is 3. The molecule has 2 atom stereocenters. The second kappa shape index (κ2) is 11.1. The van der Waals surface area contributed by atoms with Crippen LogP contribution in [0.2, 0.25) is 0 Å². The fraction of sp³-hybridized carbons (Fsp3) is 0.423. The van der Waals surface area contributed by atoms with E-state index >= 15 is 0 Å². The molecule has 1 fully saturated rings. The van der Waals surface area contributed by atoms with Crippen molar-refractivity contribution in [1.82, 2.24) is 15.5 Å². The lowest BCUT2D eigenvalue weighted by Gasteiger charge is -2.36. The molecule has 0 aromatic heterocycles. The number of nitrogens with one attached hydrogen (secondary N) is 2. The van der Waals surface area contributed by atoms with E-state index in [4.69, 9.17) is 0 Å². The minimum Gasteiger partial charge on any atom is -0.352 e. The highest BCUT2D eigenvalue weighted by atomic mass is 19.1. The number of hydrogen-bond donors (Lipinski definition) is 2. The van der Waals surface area contributed by atoms with Gasteiger partial charge in [-0.1, -0.05) is 24.6 Å². The highest BCUT2D eigenvalue weighted by Crippen LogP contribution is 2.23. The van der Waals surface area contributed by atoms with Crippen LogP contribution >= 0.6 is 0 Å². The zero-order valence-corrected chi connectivity index (χ0v) is 19.4. The average molecular weight is 454 g/mol. The summed E-state index contributed by atoms with van der Waals surface area (Å²) in [5.74, 6) is -1.21. The number of rotatable bonds is 7. The number of amides is 3. The van der Waals surface area contributed by atoms with E-state index in [0.29, 0.717) is 37.1 Å². The number of carbonyl (C=O) groups excluding carboxylic acids is 3. The predicted octanol–water partition coefficient (Wildman–Crippen LogP) is 3.70. The monoisotopic (exact) mass is 453 g/mol. The molecule has 2 aromatic rings. The van der Waals surface area contributed by atoms with Crippen LogP contribution in [0.4, 0.5) is 4.39 Å². The highest BCUT2D eigenvalue weighted by Gasteiger charge is 2.34. The molecule has 176 valence electrons. The Hall–Kier alpha value is -3.22. The van der Waals surface area contributed by atoms with Gasteiger partial charge in [0.25, 0.3) is 11.8 Å². The normalized spacial score (nSPS) is 16.1. The second-order valence-corrected chi connectivity index (χ2v) is 8.78. The van der Waals surface area contributed by atoms with Crippen molar-refractivity contribution in [3.05, 3.63) is 71.0 Å². The average Bonchev–Trinajstić information content (AvgIpc) is 2.82. The summed E-state index contributed by atoms with van der Waals surface area (Å²) in [6.07, 6.45) is 1.97. The number of nitrogens with zero attached hydrogens (tertiary/aromatic N) is 1. The lowest BCUT2D eigenvalue weighted by Crippen LogP contribution is -2.55. The highest BCUT2D eigenvalue weighted by molar-refractivity contribution is 5.97. The number of piperidine rings is 1.